The van der Waals surface area contributed by atoms with Gasteiger partial charge in [0, 0.05) is 13.2 Å². The quantitative estimate of drug-likeness (QED) is 0.545. The molecule has 0 aliphatic carbocycles. The van der Waals surface area contributed by atoms with Gasteiger partial charge in [-0.05, 0) is 6.92 Å². The van der Waals surface area contributed by atoms with E-state index in [0.717, 1.165) is 0 Å². The topological polar surface area (TPSA) is 73.1 Å². The van der Waals surface area contributed by atoms with Crippen molar-refractivity contribution >= 4 is 23.0 Å². The molecule has 0 amide bonds. The highest BCUT2D eigenvalue weighted by Crippen LogP contribution is 2.00. The summed E-state index contributed by atoms with van der Waals surface area (Å²) in [6, 6.07) is 0. The maximum Gasteiger partial charge on any atom is 0.144 e. The Bertz CT molecular complexity index is 314. The first-order chi connectivity index (χ1) is 7.24. The molecule has 0 aromatic carbocycles. The molecule has 3 N–H and O–H groups in total. The predicted octanol–water partition coefficient (Wildman–Crippen LogP) is 0.559. The van der Waals surface area contributed by atoms with Crippen molar-refractivity contribution in [2.24, 2.45) is 5.73 Å². The molecule has 6 heteroatoms. The van der Waals surface area contributed by atoms with Crippen LogP contribution in [-0.4, -0.2) is 34.7 Å². The summed E-state index contributed by atoms with van der Waals surface area (Å²) in [6.07, 6.45) is 3.14. The lowest BCUT2D eigenvalue weighted by Gasteiger charge is -2.05. The van der Waals surface area contributed by atoms with Crippen molar-refractivity contribution in [3.05, 3.63) is 18.1 Å². The van der Waals surface area contributed by atoms with Gasteiger partial charge in [0.2, 0.25) is 0 Å². The number of anilines is 1. The molecule has 0 aliphatic heterocycles. The van der Waals surface area contributed by atoms with E-state index in [1.807, 2.05) is 6.92 Å². The molecule has 1 aromatic rings. The first-order valence-corrected chi connectivity index (χ1v) is 5.08. The molecule has 0 radical (unpaired) electrons. The highest BCUT2D eigenvalue weighted by atomic mass is 32.1. The Labute approximate surface area is 94.1 Å². The van der Waals surface area contributed by atoms with Gasteiger partial charge in [-0.15, -0.1) is 0 Å². The summed E-state index contributed by atoms with van der Waals surface area (Å²) in [5.41, 5.74) is 5.92. The first kappa shape index (κ1) is 11.8. The van der Waals surface area contributed by atoms with E-state index >= 15 is 0 Å². The molecule has 0 spiro atoms. The van der Waals surface area contributed by atoms with Gasteiger partial charge in [0.1, 0.15) is 16.5 Å². The third kappa shape index (κ3) is 4.18. The summed E-state index contributed by atoms with van der Waals surface area (Å²) >= 11 is 4.76. The number of nitrogens with two attached hydrogens (primary N) is 1. The summed E-state index contributed by atoms with van der Waals surface area (Å²) in [5.74, 6) is 0.690. The lowest BCUT2D eigenvalue weighted by atomic mass is 10.4. The van der Waals surface area contributed by atoms with Gasteiger partial charge in [-0.3, -0.25) is 0 Å². The monoisotopic (exact) mass is 226 g/mol. The summed E-state index contributed by atoms with van der Waals surface area (Å²) in [4.78, 5) is 8.40. The van der Waals surface area contributed by atoms with Gasteiger partial charge in [0.25, 0.3) is 0 Å². The lowest BCUT2D eigenvalue weighted by Crippen LogP contribution is -2.14. The summed E-state index contributed by atoms with van der Waals surface area (Å²) < 4.78 is 5.17. The molecule has 0 saturated carbocycles. The van der Waals surface area contributed by atoms with Gasteiger partial charge >= 0.3 is 0 Å². The van der Waals surface area contributed by atoms with E-state index in [1.54, 1.807) is 12.4 Å². The molecule has 0 aliphatic rings. The number of hydrogen-bond acceptors (Lipinski definition) is 5. The van der Waals surface area contributed by atoms with Gasteiger partial charge in [0.15, 0.2) is 0 Å². The first-order valence-electron chi connectivity index (χ1n) is 4.67. The number of aromatic nitrogens is 2. The standard InChI is InChI=1S/C9H14N4OS/c1-2-14-4-3-11-8-6-12-7(5-13-8)9(10)15/h5-6H,2-4H2,1H3,(H2,10,15)(H,11,13). The van der Waals surface area contributed by atoms with Gasteiger partial charge in [-0.2, -0.15) is 0 Å². The van der Waals surface area contributed by atoms with Crippen molar-refractivity contribution in [1.29, 1.82) is 0 Å². The van der Waals surface area contributed by atoms with E-state index in [1.165, 1.54) is 0 Å². The Hall–Kier alpha value is -1.27. The third-order valence-corrected chi connectivity index (χ3v) is 1.87. The molecule has 1 aromatic heterocycles. The van der Waals surface area contributed by atoms with Gasteiger partial charge in [0.05, 0.1) is 19.0 Å². The summed E-state index contributed by atoms with van der Waals surface area (Å²) in [7, 11) is 0. The van der Waals surface area contributed by atoms with Crippen LogP contribution < -0.4 is 11.1 Å². The number of nitrogens with one attached hydrogen (secondary N) is 1. The molecule has 0 saturated heterocycles. The summed E-state index contributed by atoms with van der Waals surface area (Å²) in [5, 5.41) is 3.06. The largest absolute Gasteiger partial charge is 0.388 e. The van der Waals surface area contributed by atoms with Crippen LogP contribution in [0.3, 0.4) is 0 Å². The molecule has 0 bridgehead atoms. The molecule has 1 rings (SSSR count). The average Bonchev–Trinajstić information content (AvgIpc) is 2.25. The molecule has 82 valence electrons. The molecule has 0 atom stereocenters. The summed E-state index contributed by atoms with van der Waals surface area (Å²) in [6.45, 7) is 4.02. The normalized spacial score (nSPS) is 9.93. The minimum absolute atomic E-state index is 0.253. The van der Waals surface area contributed by atoms with Crippen LogP contribution in [0.1, 0.15) is 12.6 Å². The Balaban J connectivity index is 2.39. The maximum absolute atomic E-state index is 5.39. The number of hydrogen-bond donors (Lipinski definition) is 2. The number of nitrogens with zero attached hydrogens (tertiary/aromatic N) is 2. The Morgan fingerprint density at radius 2 is 2.33 bits per heavy atom. The van der Waals surface area contributed by atoms with E-state index < -0.39 is 0 Å². The second-order valence-corrected chi connectivity index (χ2v) is 3.21. The van der Waals surface area contributed by atoms with Crippen molar-refractivity contribution in [2.75, 3.05) is 25.1 Å². The highest BCUT2D eigenvalue weighted by Gasteiger charge is 1.98. The van der Waals surface area contributed by atoms with Crippen LogP contribution in [0.4, 0.5) is 5.82 Å². The molecular weight excluding hydrogens is 212 g/mol. The number of thiocarbonyl (C=S) groups is 1. The highest BCUT2D eigenvalue weighted by molar-refractivity contribution is 7.80. The van der Waals surface area contributed by atoms with Gasteiger partial charge in [-0.1, -0.05) is 12.2 Å². The number of rotatable bonds is 6. The molecule has 0 fully saturated rings. The van der Waals surface area contributed by atoms with Crippen LogP contribution >= 0.6 is 12.2 Å². The van der Waals surface area contributed by atoms with Crippen LogP contribution in [0.2, 0.25) is 0 Å². The zero-order valence-electron chi connectivity index (χ0n) is 8.56. The second kappa shape index (κ2) is 6.26. The van der Waals surface area contributed by atoms with Gasteiger partial charge < -0.3 is 15.8 Å². The van der Waals surface area contributed by atoms with Crippen molar-refractivity contribution in [3.8, 4) is 0 Å². The van der Waals surface area contributed by atoms with E-state index in [9.17, 15) is 0 Å². The van der Waals surface area contributed by atoms with E-state index in [4.69, 9.17) is 22.7 Å². The van der Waals surface area contributed by atoms with Crippen molar-refractivity contribution < 1.29 is 4.74 Å². The smallest absolute Gasteiger partial charge is 0.144 e. The van der Waals surface area contributed by atoms with Crippen molar-refractivity contribution in [2.45, 2.75) is 6.92 Å². The van der Waals surface area contributed by atoms with Crippen LogP contribution in [0.15, 0.2) is 12.4 Å². The van der Waals surface area contributed by atoms with Crippen molar-refractivity contribution in [3.63, 3.8) is 0 Å². The molecule has 15 heavy (non-hydrogen) atoms. The Morgan fingerprint density at radius 1 is 1.53 bits per heavy atom. The third-order valence-electron chi connectivity index (χ3n) is 1.66. The second-order valence-electron chi connectivity index (χ2n) is 2.77. The zero-order valence-corrected chi connectivity index (χ0v) is 9.38. The number of ether oxygens (including phenoxy) is 1. The van der Waals surface area contributed by atoms with Crippen LogP contribution in [0.25, 0.3) is 0 Å². The fourth-order valence-electron chi connectivity index (χ4n) is 0.942. The SMILES string of the molecule is CCOCCNc1cnc(C(N)=S)cn1. The van der Waals surface area contributed by atoms with Gasteiger partial charge in [-0.25, -0.2) is 9.97 Å². The molecular formula is C9H14N4OS. The average molecular weight is 226 g/mol. The fourth-order valence-corrected chi connectivity index (χ4v) is 1.05. The van der Waals surface area contributed by atoms with E-state index in [-0.39, 0.29) is 4.99 Å². The fraction of sp³-hybridized carbons (Fsp3) is 0.444. The Morgan fingerprint density at radius 3 is 2.87 bits per heavy atom. The van der Waals surface area contributed by atoms with E-state index in [0.29, 0.717) is 31.3 Å². The minimum Gasteiger partial charge on any atom is -0.388 e. The molecule has 1 heterocycles. The molecule has 5 nitrogen and oxygen atoms in total. The zero-order chi connectivity index (χ0) is 11.1. The maximum atomic E-state index is 5.39. The Kier molecular flexibility index (Phi) is 4.92. The predicted molar refractivity (Wildman–Crippen MR) is 62.9 cm³/mol. The van der Waals surface area contributed by atoms with Crippen molar-refractivity contribution in [1.82, 2.24) is 9.97 Å². The van der Waals surface area contributed by atoms with Crippen LogP contribution in [0.5, 0.6) is 0 Å². The minimum atomic E-state index is 0.253. The van der Waals surface area contributed by atoms with Crippen LogP contribution in [-0.2, 0) is 4.74 Å². The van der Waals surface area contributed by atoms with Crippen LogP contribution in [0, 0.1) is 0 Å². The lowest BCUT2D eigenvalue weighted by molar-refractivity contribution is 0.158. The van der Waals surface area contributed by atoms with E-state index in [2.05, 4.69) is 15.3 Å². The molecule has 0 unspecified atom stereocenters.